The number of aryl methyl sites for hydroxylation is 2. The fourth-order valence-corrected chi connectivity index (χ4v) is 1.71. The zero-order chi connectivity index (χ0) is 14.7. The van der Waals surface area contributed by atoms with Crippen molar-refractivity contribution in [1.29, 1.82) is 0 Å². The third kappa shape index (κ3) is 5.14. The first-order chi connectivity index (χ1) is 8.68. The summed E-state index contributed by atoms with van der Waals surface area (Å²) in [7, 11) is 0. The molecule has 0 aromatic carbocycles. The van der Waals surface area contributed by atoms with Crippen molar-refractivity contribution in [1.82, 2.24) is 4.40 Å². The molecule has 0 atom stereocenters. The Morgan fingerprint density at radius 1 is 0.889 bits per heavy atom. The van der Waals surface area contributed by atoms with Crippen LogP contribution in [0.2, 0.25) is 5.02 Å². The van der Waals surface area contributed by atoms with Gasteiger partial charge < -0.3 is 4.40 Å². The molecule has 0 aliphatic rings. The average Bonchev–Trinajstić information content (AvgIpc) is 2.71. The molecule has 0 amide bonds. The van der Waals surface area contributed by atoms with Gasteiger partial charge in [-0.15, -0.1) is 0 Å². The predicted molar refractivity (Wildman–Crippen MR) is 85.9 cm³/mol. The Bertz CT molecular complexity index is 430. The van der Waals surface area contributed by atoms with Gasteiger partial charge in [-0.2, -0.15) is 0 Å². The van der Waals surface area contributed by atoms with E-state index < -0.39 is 0 Å². The van der Waals surface area contributed by atoms with Gasteiger partial charge in [-0.25, -0.2) is 0 Å². The second-order valence-electron chi connectivity index (χ2n) is 3.07. The van der Waals surface area contributed by atoms with Crippen LogP contribution in [0.25, 0.3) is 5.52 Å². The maximum atomic E-state index is 5.88. The number of halogens is 1. The molecule has 2 heteroatoms. The number of hydrogen-bond acceptors (Lipinski definition) is 0. The molecular weight excluding hydrogens is 242 g/mol. The summed E-state index contributed by atoms with van der Waals surface area (Å²) in [6.45, 7) is 16.2. The molecule has 0 unspecified atom stereocenters. The third-order valence-electron chi connectivity index (χ3n) is 2.12. The Balaban J connectivity index is 0. The Hall–Kier alpha value is -0.950. The number of fused-ring (bicyclic) bond motifs is 1. The first kappa shape index (κ1) is 19.4. The zero-order valence-corrected chi connectivity index (χ0v) is 13.9. The first-order valence-electron chi connectivity index (χ1n) is 6.92. The van der Waals surface area contributed by atoms with Crippen molar-refractivity contribution in [2.75, 3.05) is 0 Å². The monoisotopic (exact) mass is 269 g/mol. The van der Waals surface area contributed by atoms with E-state index in [0.29, 0.717) is 0 Å². The normalized spacial score (nSPS) is 8.28. The minimum Gasteiger partial charge on any atom is -0.319 e. The van der Waals surface area contributed by atoms with E-state index in [2.05, 4.69) is 24.3 Å². The number of nitrogens with zero attached hydrogens (tertiary/aromatic N) is 1. The van der Waals surface area contributed by atoms with Crippen molar-refractivity contribution >= 4 is 17.1 Å². The van der Waals surface area contributed by atoms with E-state index in [-0.39, 0.29) is 0 Å². The summed E-state index contributed by atoms with van der Waals surface area (Å²) < 4.78 is 2.11. The van der Waals surface area contributed by atoms with Gasteiger partial charge in [0.05, 0.1) is 5.02 Å². The molecule has 18 heavy (non-hydrogen) atoms. The van der Waals surface area contributed by atoms with Crippen LogP contribution in [0.3, 0.4) is 0 Å². The molecule has 0 fully saturated rings. The summed E-state index contributed by atoms with van der Waals surface area (Å²) in [5.74, 6) is 0. The molecule has 104 valence electrons. The topological polar surface area (TPSA) is 4.41 Å². The van der Waals surface area contributed by atoms with E-state index in [1.165, 1.54) is 16.8 Å². The van der Waals surface area contributed by atoms with Crippen LogP contribution in [-0.2, 0) is 0 Å². The number of rotatable bonds is 0. The van der Waals surface area contributed by atoms with Crippen molar-refractivity contribution in [2.24, 2.45) is 0 Å². The molecule has 0 saturated carbocycles. The fraction of sp³-hybridized carbons (Fsp3) is 0.500. The highest BCUT2D eigenvalue weighted by Crippen LogP contribution is 2.18. The van der Waals surface area contributed by atoms with E-state index in [1.54, 1.807) is 0 Å². The molecular formula is C16H28ClN. The molecule has 2 aromatic heterocycles. The highest BCUT2D eigenvalue weighted by atomic mass is 35.5. The van der Waals surface area contributed by atoms with Crippen LogP contribution in [0, 0.1) is 13.8 Å². The molecule has 0 saturated heterocycles. The van der Waals surface area contributed by atoms with Gasteiger partial charge >= 0.3 is 0 Å². The van der Waals surface area contributed by atoms with Crippen LogP contribution in [-0.4, -0.2) is 4.40 Å². The van der Waals surface area contributed by atoms with E-state index in [1.807, 2.05) is 59.9 Å². The molecule has 2 rings (SSSR count). The lowest BCUT2D eigenvalue weighted by atomic mass is 10.3. The van der Waals surface area contributed by atoms with Gasteiger partial charge in [0.15, 0.2) is 0 Å². The van der Waals surface area contributed by atoms with Crippen LogP contribution in [0.1, 0.15) is 52.8 Å². The van der Waals surface area contributed by atoms with Crippen LogP contribution in [0.15, 0.2) is 24.4 Å². The lowest BCUT2D eigenvalue weighted by Crippen LogP contribution is -1.85. The third-order valence-corrected chi connectivity index (χ3v) is 2.35. The summed E-state index contributed by atoms with van der Waals surface area (Å²) in [5, 5.41) is 0.779. The smallest absolute Gasteiger partial charge is 0.0572 e. The van der Waals surface area contributed by atoms with Crippen LogP contribution in [0.5, 0.6) is 0 Å². The van der Waals surface area contributed by atoms with Crippen LogP contribution in [0.4, 0.5) is 0 Å². The molecule has 0 spiro atoms. The van der Waals surface area contributed by atoms with Crippen molar-refractivity contribution in [3.05, 3.63) is 40.7 Å². The predicted octanol–water partition coefficient (Wildman–Crippen LogP) is 6.29. The Kier molecular flexibility index (Phi) is 12.0. The molecule has 0 N–H and O–H groups in total. The standard InChI is InChI=1S/C10H10ClN.3C2H6/c1-7-5-8(2)12-6-9(11)3-4-10(7)12;3*1-2/h3-6H,1-2H3;3*1-2H3. The molecule has 1 nitrogen and oxygen atoms in total. The van der Waals surface area contributed by atoms with E-state index in [4.69, 9.17) is 11.6 Å². The van der Waals surface area contributed by atoms with Gasteiger partial charge in [-0.1, -0.05) is 53.1 Å². The van der Waals surface area contributed by atoms with Crippen molar-refractivity contribution in [3.63, 3.8) is 0 Å². The van der Waals surface area contributed by atoms with Crippen molar-refractivity contribution in [2.45, 2.75) is 55.4 Å². The summed E-state index contributed by atoms with van der Waals surface area (Å²) in [6.07, 6.45) is 1.94. The minimum atomic E-state index is 0.779. The van der Waals surface area contributed by atoms with Gasteiger partial charge in [0.2, 0.25) is 0 Å². The molecule has 0 aliphatic heterocycles. The summed E-state index contributed by atoms with van der Waals surface area (Å²) in [5.41, 5.74) is 3.76. The highest BCUT2D eigenvalue weighted by Gasteiger charge is 2.01. The van der Waals surface area contributed by atoms with Crippen molar-refractivity contribution in [3.8, 4) is 0 Å². The van der Waals surface area contributed by atoms with E-state index in [9.17, 15) is 0 Å². The molecule has 2 heterocycles. The Morgan fingerprint density at radius 2 is 1.39 bits per heavy atom. The van der Waals surface area contributed by atoms with E-state index in [0.717, 1.165) is 5.02 Å². The van der Waals surface area contributed by atoms with Crippen molar-refractivity contribution < 1.29 is 0 Å². The largest absolute Gasteiger partial charge is 0.319 e. The quantitative estimate of drug-likeness (QED) is 0.529. The molecule has 0 radical (unpaired) electrons. The maximum absolute atomic E-state index is 5.88. The lowest BCUT2D eigenvalue weighted by Gasteiger charge is -1.98. The Morgan fingerprint density at radius 3 is 1.89 bits per heavy atom. The maximum Gasteiger partial charge on any atom is 0.0572 e. The average molecular weight is 270 g/mol. The van der Waals surface area contributed by atoms with Crippen LogP contribution >= 0.6 is 11.6 Å². The van der Waals surface area contributed by atoms with Gasteiger partial charge in [-0.05, 0) is 37.6 Å². The molecule has 0 bridgehead atoms. The first-order valence-corrected chi connectivity index (χ1v) is 7.30. The van der Waals surface area contributed by atoms with Crippen LogP contribution < -0.4 is 0 Å². The van der Waals surface area contributed by atoms with Gasteiger partial charge in [-0.3, -0.25) is 0 Å². The summed E-state index contributed by atoms with van der Waals surface area (Å²) >= 11 is 5.88. The second kappa shape index (κ2) is 11.2. The fourth-order valence-electron chi connectivity index (χ4n) is 1.54. The Labute approximate surface area is 118 Å². The molecule has 0 aliphatic carbocycles. The number of aromatic nitrogens is 1. The van der Waals surface area contributed by atoms with Gasteiger partial charge in [0, 0.05) is 17.4 Å². The molecule has 2 aromatic rings. The minimum absolute atomic E-state index is 0.779. The zero-order valence-electron chi connectivity index (χ0n) is 13.1. The lowest BCUT2D eigenvalue weighted by molar-refractivity contribution is 1.11. The number of pyridine rings is 1. The van der Waals surface area contributed by atoms with Gasteiger partial charge in [0.25, 0.3) is 0 Å². The SMILES string of the molecule is CC.CC.CC.Cc1cc(C)n2cc(Cl)ccc12. The summed E-state index contributed by atoms with van der Waals surface area (Å²) in [6, 6.07) is 6.12. The highest BCUT2D eigenvalue weighted by molar-refractivity contribution is 6.30. The van der Waals surface area contributed by atoms with E-state index >= 15 is 0 Å². The second-order valence-corrected chi connectivity index (χ2v) is 3.51. The summed E-state index contributed by atoms with van der Waals surface area (Å²) in [4.78, 5) is 0. The van der Waals surface area contributed by atoms with Gasteiger partial charge in [0.1, 0.15) is 0 Å². The number of hydrogen-bond donors (Lipinski definition) is 0.